The number of morpholine rings is 1. The summed E-state index contributed by atoms with van der Waals surface area (Å²) < 4.78 is 5.78. The van der Waals surface area contributed by atoms with Crippen molar-refractivity contribution in [1.82, 2.24) is 5.32 Å². The van der Waals surface area contributed by atoms with Crippen LogP contribution in [0.2, 0.25) is 0 Å². The van der Waals surface area contributed by atoms with Gasteiger partial charge in [0.1, 0.15) is 0 Å². The number of hydrogen-bond acceptors (Lipinski definition) is 2. The van der Waals surface area contributed by atoms with Gasteiger partial charge in [0.25, 0.3) is 0 Å². The van der Waals surface area contributed by atoms with E-state index in [9.17, 15) is 0 Å². The minimum Gasteiger partial charge on any atom is -0.372 e. The lowest BCUT2D eigenvalue weighted by Crippen LogP contribution is -2.54. The first-order valence-corrected chi connectivity index (χ1v) is 4.42. The molecule has 0 saturated carbocycles. The van der Waals surface area contributed by atoms with E-state index in [0.717, 1.165) is 13.2 Å². The third-order valence-corrected chi connectivity index (χ3v) is 2.69. The van der Waals surface area contributed by atoms with E-state index < -0.39 is 0 Å². The highest BCUT2D eigenvalue weighted by atomic mass is 16.5. The maximum Gasteiger partial charge on any atom is 0.0801 e. The van der Waals surface area contributed by atoms with Crippen molar-refractivity contribution in [3.8, 4) is 0 Å². The highest BCUT2D eigenvalue weighted by Gasteiger charge is 2.32. The molecule has 0 aromatic carbocycles. The van der Waals surface area contributed by atoms with Gasteiger partial charge in [-0.15, -0.1) is 0 Å². The molecule has 1 aliphatic heterocycles. The molecular formula is C9H19NO. The van der Waals surface area contributed by atoms with Gasteiger partial charge < -0.3 is 10.1 Å². The van der Waals surface area contributed by atoms with Crippen LogP contribution in [-0.4, -0.2) is 24.8 Å². The van der Waals surface area contributed by atoms with Crippen LogP contribution in [0.4, 0.5) is 0 Å². The summed E-state index contributed by atoms with van der Waals surface area (Å²) in [6, 6.07) is 0.516. The lowest BCUT2D eigenvalue weighted by Gasteiger charge is -2.40. The van der Waals surface area contributed by atoms with E-state index in [-0.39, 0.29) is 5.60 Å². The number of rotatable bonds is 1. The van der Waals surface area contributed by atoms with E-state index >= 15 is 0 Å². The molecule has 0 spiro atoms. The summed E-state index contributed by atoms with van der Waals surface area (Å²) in [5.74, 6) is 0.586. The summed E-state index contributed by atoms with van der Waals surface area (Å²) >= 11 is 0. The Kier molecular flexibility index (Phi) is 2.55. The quantitative estimate of drug-likeness (QED) is 0.621. The Balaban J connectivity index is 2.48. The molecule has 1 N–H and O–H groups in total. The first-order valence-electron chi connectivity index (χ1n) is 4.42. The van der Waals surface area contributed by atoms with Gasteiger partial charge in [-0.05, 0) is 19.8 Å². The minimum absolute atomic E-state index is 0.0481. The number of ether oxygens (including phenoxy) is 1. The van der Waals surface area contributed by atoms with Crippen molar-refractivity contribution in [2.75, 3.05) is 13.2 Å². The fourth-order valence-electron chi connectivity index (χ4n) is 1.17. The Hall–Kier alpha value is -0.0800. The van der Waals surface area contributed by atoms with E-state index in [0.29, 0.717) is 12.0 Å². The van der Waals surface area contributed by atoms with E-state index in [1.54, 1.807) is 0 Å². The van der Waals surface area contributed by atoms with Crippen LogP contribution in [0.1, 0.15) is 27.7 Å². The van der Waals surface area contributed by atoms with Crippen LogP contribution in [0.25, 0.3) is 0 Å². The fraction of sp³-hybridized carbons (Fsp3) is 1.00. The molecule has 0 bridgehead atoms. The molecule has 2 heteroatoms. The zero-order valence-electron chi connectivity index (χ0n) is 7.98. The van der Waals surface area contributed by atoms with Crippen LogP contribution in [0.15, 0.2) is 0 Å². The third kappa shape index (κ3) is 1.94. The Morgan fingerprint density at radius 2 is 2.18 bits per heavy atom. The van der Waals surface area contributed by atoms with Gasteiger partial charge in [0.15, 0.2) is 0 Å². The predicted molar refractivity (Wildman–Crippen MR) is 46.7 cm³/mol. The van der Waals surface area contributed by atoms with Crippen LogP contribution >= 0.6 is 0 Å². The summed E-state index contributed by atoms with van der Waals surface area (Å²) in [5.41, 5.74) is 0.0481. The average molecular weight is 157 g/mol. The van der Waals surface area contributed by atoms with Crippen LogP contribution in [0.3, 0.4) is 0 Å². The molecule has 66 valence electrons. The van der Waals surface area contributed by atoms with Gasteiger partial charge in [-0.3, -0.25) is 0 Å². The van der Waals surface area contributed by atoms with Crippen molar-refractivity contribution in [2.24, 2.45) is 5.92 Å². The van der Waals surface area contributed by atoms with Gasteiger partial charge >= 0.3 is 0 Å². The Morgan fingerprint density at radius 1 is 1.55 bits per heavy atom. The first-order chi connectivity index (χ1) is 5.04. The molecule has 0 amide bonds. The normalized spacial score (nSPS) is 39.5. The van der Waals surface area contributed by atoms with Gasteiger partial charge in [-0.25, -0.2) is 0 Å². The lowest BCUT2D eigenvalue weighted by atomic mass is 9.90. The standard InChI is InChI=1S/C9H19NO/c1-7(2)9(4)6-10-8(3)5-11-9/h7-8,10H,5-6H2,1-4H3. The number of nitrogens with one attached hydrogen (secondary N) is 1. The molecule has 0 radical (unpaired) electrons. The Bertz CT molecular complexity index is 126. The van der Waals surface area contributed by atoms with E-state index in [4.69, 9.17) is 4.74 Å². The number of hydrogen-bond donors (Lipinski definition) is 1. The molecule has 1 saturated heterocycles. The molecule has 1 fully saturated rings. The van der Waals surface area contributed by atoms with Crippen LogP contribution in [0, 0.1) is 5.92 Å². The second kappa shape index (κ2) is 3.11. The molecule has 2 unspecified atom stereocenters. The molecule has 11 heavy (non-hydrogen) atoms. The second-order valence-corrected chi connectivity index (χ2v) is 4.06. The molecule has 1 aliphatic rings. The van der Waals surface area contributed by atoms with Crippen molar-refractivity contribution < 1.29 is 4.74 Å². The van der Waals surface area contributed by atoms with E-state index in [1.807, 2.05) is 0 Å². The largest absolute Gasteiger partial charge is 0.372 e. The maximum atomic E-state index is 5.78. The molecule has 2 nitrogen and oxygen atoms in total. The zero-order chi connectivity index (χ0) is 8.48. The van der Waals surface area contributed by atoms with Crippen molar-refractivity contribution in [1.29, 1.82) is 0 Å². The van der Waals surface area contributed by atoms with Crippen LogP contribution < -0.4 is 5.32 Å². The third-order valence-electron chi connectivity index (χ3n) is 2.69. The van der Waals surface area contributed by atoms with Gasteiger partial charge in [0, 0.05) is 12.6 Å². The summed E-state index contributed by atoms with van der Waals surface area (Å²) in [7, 11) is 0. The second-order valence-electron chi connectivity index (χ2n) is 4.06. The smallest absolute Gasteiger partial charge is 0.0801 e. The summed E-state index contributed by atoms with van der Waals surface area (Å²) in [6.45, 7) is 10.6. The summed E-state index contributed by atoms with van der Waals surface area (Å²) in [5, 5.41) is 3.43. The van der Waals surface area contributed by atoms with Crippen LogP contribution in [-0.2, 0) is 4.74 Å². The van der Waals surface area contributed by atoms with Crippen molar-refractivity contribution >= 4 is 0 Å². The molecule has 1 heterocycles. The lowest BCUT2D eigenvalue weighted by molar-refractivity contribution is -0.0958. The molecule has 2 atom stereocenters. The molecular weight excluding hydrogens is 138 g/mol. The SMILES string of the molecule is CC1COC(C)(C(C)C)CN1. The molecule has 0 aromatic heterocycles. The van der Waals surface area contributed by atoms with Gasteiger partial charge in [-0.1, -0.05) is 13.8 Å². The van der Waals surface area contributed by atoms with E-state index in [2.05, 4.69) is 33.0 Å². The van der Waals surface area contributed by atoms with Gasteiger partial charge in [0.2, 0.25) is 0 Å². The fourth-order valence-corrected chi connectivity index (χ4v) is 1.17. The highest BCUT2D eigenvalue weighted by molar-refractivity contribution is 4.86. The van der Waals surface area contributed by atoms with Crippen molar-refractivity contribution in [3.63, 3.8) is 0 Å². The highest BCUT2D eigenvalue weighted by Crippen LogP contribution is 2.23. The first kappa shape index (κ1) is 9.01. The monoisotopic (exact) mass is 157 g/mol. The topological polar surface area (TPSA) is 21.3 Å². The van der Waals surface area contributed by atoms with E-state index in [1.165, 1.54) is 0 Å². The van der Waals surface area contributed by atoms with Crippen molar-refractivity contribution in [3.05, 3.63) is 0 Å². The Morgan fingerprint density at radius 3 is 2.55 bits per heavy atom. The van der Waals surface area contributed by atoms with Gasteiger partial charge in [0.05, 0.1) is 12.2 Å². The van der Waals surface area contributed by atoms with Gasteiger partial charge in [-0.2, -0.15) is 0 Å². The minimum atomic E-state index is 0.0481. The van der Waals surface area contributed by atoms with Crippen molar-refractivity contribution in [2.45, 2.75) is 39.3 Å². The predicted octanol–water partition coefficient (Wildman–Crippen LogP) is 1.41. The average Bonchev–Trinajstić information content (AvgIpc) is 1.95. The Labute approximate surface area is 69.3 Å². The summed E-state index contributed by atoms with van der Waals surface area (Å²) in [4.78, 5) is 0. The molecule has 1 rings (SSSR count). The van der Waals surface area contributed by atoms with Crippen LogP contribution in [0.5, 0.6) is 0 Å². The molecule has 0 aromatic rings. The maximum absolute atomic E-state index is 5.78. The summed E-state index contributed by atoms with van der Waals surface area (Å²) in [6.07, 6.45) is 0. The zero-order valence-corrected chi connectivity index (χ0v) is 7.98. The molecule has 0 aliphatic carbocycles.